The number of rotatable bonds is 4. The highest BCUT2D eigenvalue weighted by molar-refractivity contribution is 6.41. The Balaban J connectivity index is 2.25. The normalized spacial score (nSPS) is 10.7. The molecule has 0 aliphatic rings. The fraction of sp³-hybridized carbons (Fsp3) is 0.214. The first-order valence-electron chi connectivity index (χ1n) is 5.94. The number of ketones is 1. The van der Waals surface area contributed by atoms with Crippen molar-refractivity contribution in [1.29, 1.82) is 0 Å². The largest absolute Gasteiger partial charge is 0.379 e. The molecule has 0 amide bonds. The van der Waals surface area contributed by atoms with E-state index in [2.05, 4.69) is 5.32 Å². The van der Waals surface area contributed by atoms with Gasteiger partial charge in [0, 0.05) is 18.4 Å². The number of nitrogens with one attached hydrogen (secondary N) is 1. The van der Waals surface area contributed by atoms with E-state index in [-0.39, 0.29) is 11.3 Å². The smallest absolute Gasteiger partial charge is 0.164 e. The molecule has 2 aromatic rings. The van der Waals surface area contributed by atoms with E-state index in [0.29, 0.717) is 22.4 Å². The van der Waals surface area contributed by atoms with Crippen molar-refractivity contribution in [2.45, 2.75) is 13.5 Å². The van der Waals surface area contributed by atoms with Crippen molar-refractivity contribution < 1.29 is 9.18 Å². The van der Waals surface area contributed by atoms with Gasteiger partial charge in [-0.05, 0) is 25.1 Å². The van der Waals surface area contributed by atoms with E-state index in [4.69, 9.17) is 23.2 Å². The average molecular weight is 315 g/mol. The van der Waals surface area contributed by atoms with Gasteiger partial charge in [-0.2, -0.15) is 0 Å². The number of carbonyl (C=O) groups excluding carboxylic acids is 1. The lowest BCUT2D eigenvalue weighted by molar-refractivity contribution is 0.101. The van der Waals surface area contributed by atoms with E-state index in [1.807, 2.05) is 0 Å². The van der Waals surface area contributed by atoms with Gasteiger partial charge in [0.1, 0.15) is 11.0 Å². The Bertz CT molecular complexity index is 667. The molecule has 1 aromatic carbocycles. The molecule has 0 saturated carbocycles. The zero-order valence-electron chi connectivity index (χ0n) is 11.0. The molecular formula is C14H13Cl2FN2O. The summed E-state index contributed by atoms with van der Waals surface area (Å²) in [5.41, 5.74) is 1.34. The van der Waals surface area contributed by atoms with Gasteiger partial charge in [0.05, 0.1) is 17.1 Å². The average Bonchev–Trinajstić information content (AvgIpc) is 2.63. The monoisotopic (exact) mass is 314 g/mol. The fourth-order valence-corrected chi connectivity index (χ4v) is 2.39. The number of anilines is 1. The van der Waals surface area contributed by atoms with Crippen molar-refractivity contribution in [2.24, 2.45) is 7.05 Å². The van der Waals surface area contributed by atoms with E-state index in [9.17, 15) is 9.18 Å². The molecule has 20 heavy (non-hydrogen) atoms. The zero-order chi connectivity index (χ0) is 14.9. The quantitative estimate of drug-likeness (QED) is 0.854. The number of nitrogens with zero attached hydrogens (tertiary/aromatic N) is 1. The number of hydrogen-bond donors (Lipinski definition) is 1. The number of hydrogen-bond acceptors (Lipinski definition) is 2. The predicted molar refractivity (Wildman–Crippen MR) is 79.2 cm³/mol. The number of carbonyl (C=O) groups is 1. The molecule has 1 aromatic heterocycles. The molecule has 0 saturated heterocycles. The Hall–Kier alpha value is -1.52. The molecule has 2 rings (SSSR count). The molecule has 0 aliphatic carbocycles. The van der Waals surface area contributed by atoms with Gasteiger partial charge in [0.2, 0.25) is 0 Å². The molecule has 0 fully saturated rings. The molecule has 0 aliphatic heterocycles. The van der Waals surface area contributed by atoms with Gasteiger partial charge in [0.25, 0.3) is 0 Å². The van der Waals surface area contributed by atoms with E-state index >= 15 is 0 Å². The highest BCUT2D eigenvalue weighted by Gasteiger charge is 2.14. The third-order valence-corrected chi connectivity index (χ3v) is 3.88. The number of halogens is 3. The maximum absolute atomic E-state index is 13.7. The maximum atomic E-state index is 13.7. The summed E-state index contributed by atoms with van der Waals surface area (Å²) < 4.78 is 15.4. The number of benzene rings is 1. The van der Waals surface area contributed by atoms with Crippen molar-refractivity contribution in [3.63, 3.8) is 0 Å². The van der Waals surface area contributed by atoms with Gasteiger partial charge < -0.3 is 9.88 Å². The fourth-order valence-electron chi connectivity index (χ4n) is 1.97. The minimum atomic E-state index is -0.537. The molecule has 1 N–H and O–H groups in total. The summed E-state index contributed by atoms with van der Waals surface area (Å²) in [6.07, 6.45) is 0. The first-order chi connectivity index (χ1) is 9.41. The van der Waals surface area contributed by atoms with Crippen molar-refractivity contribution in [3.05, 3.63) is 51.5 Å². The third kappa shape index (κ3) is 2.81. The van der Waals surface area contributed by atoms with Gasteiger partial charge in [-0.1, -0.05) is 29.3 Å². The summed E-state index contributed by atoms with van der Waals surface area (Å²) in [5, 5.41) is 3.93. The van der Waals surface area contributed by atoms with Crippen LogP contribution < -0.4 is 5.32 Å². The van der Waals surface area contributed by atoms with Crippen molar-refractivity contribution in [3.8, 4) is 0 Å². The Morgan fingerprint density at radius 2 is 2.10 bits per heavy atom. The predicted octanol–water partition coefficient (Wildman–Crippen LogP) is 4.29. The molecule has 0 atom stereocenters. The van der Waals surface area contributed by atoms with Crippen molar-refractivity contribution in [2.75, 3.05) is 5.32 Å². The first-order valence-corrected chi connectivity index (χ1v) is 6.70. The highest BCUT2D eigenvalue weighted by Crippen LogP contribution is 2.26. The standard InChI is InChI=1S/C14H13Cl2FN2O/c1-8(20)13-11(17)4-3-5-12(13)18-7-9-6-10(15)14(16)19(9)2/h3-6,18H,7H2,1-2H3. The van der Waals surface area contributed by atoms with E-state index in [1.54, 1.807) is 29.8 Å². The van der Waals surface area contributed by atoms with Crippen LogP contribution in [-0.4, -0.2) is 10.4 Å². The molecule has 106 valence electrons. The van der Waals surface area contributed by atoms with E-state index in [1.165, 1.54) is 13.0 Å². The summed E-state index contributed by atoms with van der Waals surface area (Å²) >= 11 is 11.9. The highest BCUT2D eigenvalue weighted by atomic mass is 35.5. The molecule has 0 bridgehead atoms. The Morgan fingerprint density at radius 3 is 2.65 bits per heavy atom. The summed E-state index contributed by atoms with van der Waals surface area (Å²) in [6, 6.07) is 6.20. The van der Waals surface area contributed by atoms with Crippen LogP contribution in [0.15, 0.2) is 24.3 Å². The van der Waals surface area contributed by atoms with Crippen LogP contribution in [0.1, 0.15) is 23.0 Å². The van der Waals surface area contributed by atoms with Crippen LogP contribution in [0.3, 0.4) is 0 Å². The van der Waals surface area contributed by atoms with Gasteiger partial charge >= 0.3 is 0 Å². The molecule has 3 nitrogen and oxygen atoms in total. The first kappa shape index (κ1) is 14.9. The van der Waals surface area contributed by atoms with Crippen LogP contribution in [0, 0.1) is 5.82 Å². The van der Waals surface area contributed by atoms with Crippen molar-refractivity contribution >= 4 is 34.7 Å². The van der Waals surface area contributed by atoms with Crippen LogP contribution in [0.25, 0.3) is 0 Å². The minimum absolute atomic E-state index is 0.0545. The molecule has 6 heteroatoms. The second-order valence-electron chi connectivity index (χ2n) is 4.41. The summed E-state index contributed by atoms with van der Waals surface area (Å²) in [7, 11) is 1.78. The summed E-state index contributed by atoms with van der Waals surface area (Å²) in [5.74, 6) is -0.862. The second kappa shape index (κ2) is 5.85. The molecule has 0 unspecified atom stereocenters. The lowest BCUT2D eigenvalue weighted by atomic mass is 10.1. The van der Waals surface area contributed by atoms with Crippen LogP contribution in [-0.2, 0) is 13.6 Å². The lowest BCUT2D eigenvalue weighted by Crippen LogP contribution is -2.09. The maximum Gasteiger partial charge on any atom is 0.164 e. The SMILES string of the molecule is CC(=O)c1c(F)cccc1NCc1cc(Cl)c(Cl)n1C. The summed E-state index contributed by atoms with van der Waals surface area (Å²) in [4.78, 5) is 11.5. The van der Waals surface area contributed by atoms with Gasteiger partial charge in [-0.3, -0.25) is 4.79 Å². The third-order valence-electron chi connectivity index (χ3n) is 3.04. The van der Waals surface area contributed by atoms with Crippen LogP contribution in [0.4, 0.5) is 10.1 Å². The van der Waals surface area contributed by atoms with E-state index < -0.39 is 5.82 Å². The van der Waals surface area contributed by atoms with Crippen molar-refractivity contribution in [1.82, 2.24) is 4.57 Å². The van der Waals surface area contributed by atoms with Crippen LogP contribution in [0.2, 0.25) is 10.2 Å². The number of Topliss-reactive ketones (excluding diaryl/α,β-unsaturated/α-hetero) is 1. The summed E-state index contributed by atoms with van der Waals surface area (Å²) in [6.45, 7) is 1.71. The molecule has 0 radical (unpaired) electrons. The molecular weight excluding hydrogens is 302 g/mol. The Morgan fingerprint density at radius 1 is 1.40 bits per heavy atom. The van der Waals surface area contributed by atoms with Gasteiger partial charge in [-0.15, -0.1) is 0 Å². The van der Waals surface area contributed by atoms with Gasteiger partial charge in [0.15, 0.2) is 5.78 Å². The van der Waals surface area contributed by atoms with Gasteiger partial charge in [-0.25, -0.2) is 4.39 Å². The zero-order valence-corrected chi connectivity index (χ0v) is 12.5. The molecule has 0 spiro atoms. The Kier molecular flexibility index (Phi) is 4.35. The van der Waals surface area contributed by atoms with Crippen LogP contribution >= 0.6 is 23.2 Å². The van der Waals surface area contributed by atoms with Crippen LogP contribution in [0.5, 0.6) is 0 Å². The molecule has 1 heterocycles. The van der Waals surface area contributed by atoms with E-state index in [0.717, 1.165) is 5.69 Å². The second-order valence-corrected chi connectivity index (χ2v) is 5.17. The minimum Gasteiger partial charge on any atom is -0.379 e. The Labute approximate surface area is 126 Å². The lowest BCUT2D eigenvalue weighted by Gasteiger charge is -2.11. The topological polar surface area (TPSA) is 34.0 Å². The number of aromatic nitrogens is 1.